The maximum Gasteiger partial charge on any atom is 0.135 e. The van der Waals surface area contributed by atoms with E-state index in [9.17, 15) is 0 Å². The van der Waals surface area contributed by atoms with Gasteiger partial charge < -0.3 is 9.40 Å². The van der Waals surface area contributed by atoms with Crippen molar-refractivity contribution in [3.8, 4) is 11.3 Å². The molecule has 4 nitrogen and oxygen atoms in total. The van der Waals surface area contributed by atoms with Gasteiger partial charge in [-0.05, 0) is 31.2 Å². The first kappa shape index (κ1) is 14.5. The van der Waals surface area contributed by atoms with Gasteiger partial charge in [0, 0.05) is 25.1 Å². The molecule has 1 aromatic carbocycles. The first-order valence-corrected chi connectivity index (χ1v) is 8.17. The Bertz CT molecular complexity index is 836. The van der Waals surface area contributed by atoms with Crippen LogP contribution < -0.4 is 0 Å². The molecule has 4 rings (SSSR count). The Morgan fingerprint density at radius 2 is 2.13 bits per heavy atom. The van der Waals surface area contributed by atoms with Crippen molar-refractivity contribution in [3.63, 3.8) is 0 Å². The van der Waals surface area contributed by atoms with Crippen molar-refractivity contribution < 1.29 is 4.42 Å². The number of aromatic amines is 1. The molecule has 0 atom stereocenters. The molecular formula is C18H18ClN3O. The third-order valence-electron chi connectivity index (χ3n) is 4.21. The molecule has 0 spiro atoms. The summed E-state index contributed by atoms with van der Waals surface area (Å²) in [4.78, 5) is 10.2. The summed E-state index contributed by atoms with van der Waals surface area (Å²) >= 11 is 6.24. The summed E-state index contributed by atoms with van der Waals surface area (Å²) in [6.45, 7) is 4.69. The number of fused-ring (bicyclic) bond motifs is 1. The minimum Gasteiger partial charge on any atom is -0.460 e. The van der Waals surface area contributed by atoms with Gasteiger partial charge in [-0.2, -0.15) is 0 Å². The zero-order valence-electron chi connectivity index (χ0n) is 13.0. The Labute approximate surface area is 140 Å². The van der Waals surface area contributed by atoms with Crippen LogP contribution in [0.4, 0.5) is 0 Å². The number of halogens is 1. The highest BCUT2D eigenvalue weighted by atomic mass is 35.5. The van der Waals surface area contributed by atoms with Crippen LogP contribution in [0.3, 0.4) is 0 Å². The number of aromatic nitrogens is 2. The summed E-state index contributed by atoms with van der Waals surface area (Å²) in [5.41, 5.74) is 3.37. The van der Waals surface area contributed by atoms with E-state index in [0.29, 0.717) is 5.02 Å². The molecule has 2 aromatic heterocycles. The summed E-state index contributed by atoms with van der Waals surface area (Å²) in [6, 6.07) is 11.8. The van der Waals surface area contributed by atoms with Crippen LogP contribution in [-0.2, 0) is 19.5 Å². The van der Waals surface area contributed by atoms with Gasteiger partial charge in [0.25, 0.3) is 0 Å². The van der Waals surface area contributed by atoms with Crippen LogP contribution in [0.25, 0.3) is 11.3 Å². The number of hydrogen-bond acceptors (Lipinski definition) is 3. The van der Waals surface area contributed by atoms with Gasteiger partial charge in [-0.15, -0.1) is 0 Å². The minimum atomic E-state index is 0.712. The molecule has 0 bridgehead atoms. The van der Waals surface area contributed by atoms with Crippen LogP contribution >= 0.6 is 11.6 Å². The lowest BCUT2D eigenvalue weighted by Crippen LogP contribution is -2.29. The summed E-state index contributed by atoms with van der Waals surface area (Å²) in [5.74, 6) is 2.77. The van der Waals surface area contributed by atoms with E-state index < -0.39 is 0 Å². The molecule has 1 N–H and O–H groups in total. The van der Waals surface area contributed by atoms with Gasteiger partial charge >= 0.3 is 0 Å². The van der Waals surface area contributed by atoms with Gasteiger partial charge in [-0.25, -0.2) is 4.98 Å². The molecule has 0 radical (unpaired) electrons. The fraction of sp³-hybridized carbons (Fsp3) is 0.278. The molecule has 0 amide bonds. The molecule has 5 heteroatoms. The number of nitrogens with zero attached hydrogens (tertiary/aromatic N) is 2. The van der Waals surface area contributed by atoms with E-state index in [1.165, 1.54) is 11.4 Å². The average molecular weight is 328 g/mol. The lowest BCUT2D eigenvalue weighted by atomic mass is 10.1. The standard InChI is InChI=1S/C18H18ClN3O/c1-12-20-16-8-9-22(11-17(16)21-12)10-13-6-7-18(23-13)14-4-2-3-5-15(14)19/h2-7H,8-11H2,1H3,(H,20,21). The number of hydrogen-bond donors (Lipinski definition) is 1. The fourth-order valence-electron chi connectivity index (χ4n) is 3.12. The molecule has 3 heterocycles. The second kappa shape index (κ2) is 5.87. The van der Waals surface area contributed by atoms with Crippen molar-refractivity contribution in [2.75, 3.05) is 6.54 Å². The van der Waals surface area contributed by atoms with E-state index in [-0.39, 0.29) is 0 Å². The van der Waals surface area contributed by atoms with Crippen molar-refractivity contribution >= 4 is 11.6 Å². The normalized spacial score (nSPS) is 14.9. The molecule has 1 aliphatic heterocycles. The quantitative estimate of drug-likeness (QED) is 0.784. The van der Waals surface area contributed by atoms with Crippen LogP contribution in [0.5, 0.6) is 0 Å². The number of H-pyrrole nitrogens is 1. The van der Waals surface area contributed by atoms with Crippen molar-refractivity contribution in [2.45, 2.75) is 26.4 Å². The average Bonchev–Trinajstić information content (AvgIpc) is 3.13. The van der Waals surface area contributed by atoms with Crippen LogP contribution in [0.1, 0.15) is 23.0 Å². The van der Waals surface area contributed by atoms with Crippen LogP contribution in [0, 0.1) is 6.92 Å². The molecule has 23 heavy (non-hydrogen) atoms. The van der Waals surface area contributed by atoms with E-state index in [0.717, 1.165) is 49.0 Å². The number of imidazole rings is 1. The van der Waals surface area contributed by atoms with E-state index in [4.69, 9.17) is 16.0 Å². The zero-order valence-corrected chi connectivity index (χ0v) is 13.7. The first-order chi connectivity index (χ1) is 11.2. The Morgan fingerprint density at radius 3 is 3.00 bits per heavy atom. The second-order valence-corrected chi connectivity index (χ2v) is 6.36. The Balaban J connectivity index is 1.50. The van der Waals surface area contributed by atoms with Crippen LogP contribution in [0.2, 0.25) is 5.02 Å². The third kappa shape index (κ3) is 2.92. The van der Waals surface area contributed by atoms with Gasteiger partial charge in [0.2, 0.25) is 0 Å². The Hall–Kier alpha value is -2.04. The topological polar surface area (TPSA) is 45.1 Å². The Kier molecular flexibility index (Phi) is 3.71. The van der Waals surface area contributed by atoms with E-state index in [2.05, 4.69) is 14.9 Å². The summed E-state index contributed by atoms with van der Waals surface area (Å²) in [6.07, 6.45) is 0.984. The third-order valence-corrected chi connectivity index (χ3v) is 4.54. The molecule has 1 aliphatic rings. The first-order valence-electron chi connectivity index (χ1n) is 7.79. The summed E-state index contributed by atoms with van der Waals surface area (Å²) in [7, 11) is 0. The van der Waals surface area contributed by atoms with Gasteiger partial charge in [-0.3, -0.25) is 4.90 Å². The summed E-state index contributed by atoms with van der Waals surface area (Å²) < 4.78 is 5.99. The van der Waals surface area contributed by atoms with Gasteiger partial charge in [-0.1, -0.05) is 23.7 Å². The lowest BCUT2D eigenvalue weighted by Gasteiger charge is -2.24. The molecule has 3 aromatic rings. The summed E-state index contributed by atoms with van der Waals surface area (Å²) in [5, 5.41) is 0.712. The number of aryl methyl sites for hydroxylation is 1. The predicted octanol–water partition coefficient (Wildman–Crippen LogP) is 4.19. The maximum absolute atomic E-state index is 6.24. The molecule has 0 aliphatic carbocycles. The van der Waals surface area contributed by atoms with Gasteiger partial charge in [0.15, 0.2) is 0 Å². The molecule has 118 valence electrons. The van der Waals surface area contributed by atoms with Crippen molar-refractivity contribution in [3.05, 3.63) is 64.4 Å². The highest BCUT2D eigenvalue weighted by molar-refractivity contribution is 6.33. The number of rotatable bonds is 3. The van der Waals surface area contributed by atoms with E-state index in [1.807, 2.05) is 43.3 Å². The van der Waals surface area contributed by atoms with Crippen LogP contribution in [0.15, 0.2) is 40.8 Å². The van der Waals surface area contributed by atoms with Gasteiger partial charge in [0.05, 0.1) is 23.0 Å². The minimum absolute atomic E-state index is 0.712. The lowest BCUT2D eigenvalue weighted by molar-refractivity contribution is 0.223. The second-order valence-electron chi connectivity index (χ2n) is 5.95. The van der Waals surface area contributed by atoms with Crippen molar-refractivity contribution in [1.82, 2.24) is 14.9 Å². The monoisotopic (exact) mass is 327 g/mol. The molecule has 0 fully saturated rings. The van der Waals surface area contributed by atoms with Gasteiger partial charge in [0.1, 0.15) is 17.3 Å². The molecule has 0 unspecified atom stereocenters. The Morgan fingerprint density at radius 1 is 1.26 bits per heavy atom. The van der Waals surface area contributed by atoms with Crippen molar-refractivity contribution in [2.24, 2.45) is 0 Å². The predicted molar refractivity (Wildman–Crippen MR) is 90.3 cm³/mol. The van der Waals surface area contributed by atoms with E-state index >= 15 is 0 Å². The maximum atomic E-state index is 6.24. The molecular weight excluding hydrogens is 310 g/mol. The fourth-order valence-corrected chi connectivity index (χ4v) is 3.35. The smallest absolute Gasteiger partial charge is 0.135 e. The van der Waals surface area contributed by atoms with E-state index in [1.54, 1.807) is 0 Å². The number of furan rings is 1. The number of benzene rings is 1. The largest absolute Gasteiger partial charge is 0.460 e. The van der Waals surface area contributed by atoms with Crippen molar-refractivity contribution in [1.29, 1.82) is 0 Å². The highest BCUT2D eigenvalue weighted by Gasteiger charge is 2.20. The molecule has 0 saturated heterocycles. The zero-order chi connectivity index (χ0) is 15.8. The SMILES string of the molecule is Cc1nc2c([nH]1)CN(Cc1ccc(-c3ccccc3Cl)o1)CC2. The number of nitrogens with one attached hydrogen (secondary N) is 1. The molecule has 0 saturated carbocycles. The van der Waals surface area contributed by atoms with Crippen LogP contribution in [-0.4, -0.2) is 21.4 Å². The highest BCUT2D eigenvalue weighted by Crippen LogP contribution is 2.29.